The van der Waals surface area contributed by atoms with E-state index in [0.717, 1.165) is 75.6 Å². The van der Waals surface area contributed by atoms with Crippen LogP contribution in [0.4, 0.5) is 5.69 Å². The number of methoxy groups -OCH3 is 1. The number of hydrogen-bond acceptors (Lipinski definition) is 11. The van der Waals surface area contributed by atoms with Crippen LogP contribution in [0, 0.1) is 27.4 Å². The number of carboxylic acid groups (broad SMARTS) is 1. The van der Waals surface area contributed by atoms with Crippen molar-refractivity contribution in [3.63, 3.8) is 0 Å². The van der Waals surface area contributed by atoms with Crippen LogP contribution < -0.4 is 27.0 Å². The van der Waals surface area contributed by atoms with Gasteiger partial charge in [-0.15, -0.1) is 0 Å². The van der Waals surface area contributed by atoms with Crippen LogP contribution in [0.15, 0.2) is 30.4 Å². The summed E-state index contributed by atoms with van der Waals surface area (Å²) >= 11 is 0. The molecule has 19 heteroatoms. The summed E-state index contributed by atoms with van der Waals surface area (Å²) in [6.07, 6.45) is 12.3. The minimum absolute atomic E-state index is 0.0211. The molecule has 3 fully saturated rings. The fraction of sp³-hybridized carbons (Fsp3) is 0.636. The van der Waals surface area contributed by atoms with E-state index in [9.17, 15) is 53.6 Å². The van der Waals surface area contributed by atoms with E-state index in [2.05, 4.69) is 26.0 Å². The number of primary amides is 1. The van der Waals surface area contributed by atoms with Crippen LogP contribution in [0.5, 0.6) is 0 Å². The van der Waals surface area contributed by atoms with E-state index in [1.54, 1.807) is 20.8 Å². The second kappa shape index (κ2) is 23.0. The fourth-order valence-electron chi connectivity index (χ4n) is 8.81. The molecule has 0 bridgehead atoms. The van der Waals surface area contributed by atoms with E-state index >= 15 is 0 Å². The first-order chi connectivity index (χ1) is 29.8. The van der Waals surface area contributed by atoms with E-state index in [0.29, 0.717) is 25.7 Å². The number of amides is 6. The van der Waals surface area contributed by atoms with Crippen LogP contribution in [-0.4, -0.2) is 106 Å². The normalized spacial score (nSPS) is 19.4. The van der Waals surface area contributed by atoms with Gasteiger partial charge in [0.2, 0.25) is 29.5 Å². The summed E-state index contributed by atoms with van der Waals surface area (Å²) in [6, 6.07) is -2.99. The van der Waals surface area contributed by atoms with Gasteiger partial charge in [0.05, 0.1) is 23.2 Å². The van der Waals surface area contributed by atoms with Gasteiger partial charge in [-0.05, 0) is 81.1 Å². The van der Waals surface area contributed by atoms with Crippen molar-refractivity contribution in [2.24, 2.45) is 23.0 Å². The number of ether oxygens (including phenoxy) is 1. The molecule has 1 heterocycles. The van der Waals surface area contributed by atoms with Crippen LogP contribution in [-0.2, 0) is 33.5 Å². The van der Waals surface area contributed by atoms with Crippen LogP contribution in [0.2, 0.25) is 0 Å². The van der Waals surface area contributed by atoms with Gasteiger partial charge in [0, 0.05) is 24.8 Å². The number of nitro benzene ring substituents is 1. The summed E-state index contributed by atoms with van der Waals surface area (Å²) in [4.78, 5) is 119. The molecule has 0 radical (unpaired) electrons. The Balaban J connectivity index is 1.60. The average molecular weight is 882 g/mol. The zero-order valence-electron chi connectivity index (χ0n) is 36.7. The first-order valence-electron chi connectivity index (χ1n) is 21.9. The number of hydrogen-bond donors (Lipinski definition) is 6. The van der Waals surface area contributed by atoms with Crippen molar-refractivity contribution in [1.29, 1.82) is 0 Å². The maximum Gasteiger partial charge on any atom is 0.336 e. The zero-order chi connectivity index (χ0) is 46.4. The summed E-state index contributed by atoms with van der Waals surface area (Å²) in [5.41, 5.74) is 3.13. The summed E-state index contributed by atoms with van der Waals surface area (Å²) in [6.45, 7) is 5.27. The number of esters is 1. The number of nitro groups is 1. The van der Waals surface area contributed by atoms with Gasteiger partial charge in [-0.1, -0.05) is 65.4 Å². The van der Waals surface area contributed by atoms with E-state index < -0.39 is 105 Å². The Morgan fingerprint density at radius 2 is 1.44 bits per heavy atom. The molecule has 1 saturated heterocycles. The standard InChI is InChI=1S/C44H63N7O12/c1-44(2,3)36(49-39(55)31(19-11-12-21-33(52)63-4)46-38(54)30-25-28(51(61)62)22-23-29(30)43(59)60)42(58)50-24-14-13-20-32(50)40(56)48-35(27-17-9-6-10-18-27)41(57)47-34(37(45)53)26-15-7-5-8-16-26/h12,21-23,25-27,31-32,34-36H,5-11,13-20,24H2,1-4H3,(H2,45,53)(H,46,54)(H,47,57)(H,48,56)(H,49,55)(H,59,60)/b21-12+/t31-,32-,34-,35-,36+/m0/s1. The van der Waals surface area contributed by atoms with Gasteiger partial charge in [0.1, 0.15) is 30.2 Å². The Morgan fingerprint density at radius 3 is 2.00 bits per heavy atom. The molecule has 6 amide bonds. The Morgan fingerprint density at radius 1 is 0.841 bits per heavy atom. The predicted octanol–water partition coefficient (Wildman–Crippen LogP) is 3.43. The van der Waals surface area contributed by atoms with Gasteiger partial charge >= 0.3 is 11.9 Å². The number of carbonyl (C=O) groups is 8. The van der Waals surface area contributed by atoms with Crippen molar-refractivity contribution in [2.45, 2.75) is 147 Å². The maximum absolute atomic E-state index is 14.7. The lowest BCUT2D eigenvalue weighted by atomic mass is 9.81. The summed E-state index contributed by atoms with van der Waals surface area (Å²) in [7, 11) is 1.17. The number of allylic oxidation sites excluding steroid dienone is 1. The maximum atomic E-state index is 14.7. The molecule has 0 aromatic heterocycles. The smallest absolute Gasteiger partial charge is 0.336 e. The van der Waals surface area contributed by atoms with Gasteiger partial charge in [-0.25, -0.2) is 9.59 Å². The molecule has 346 valence electrons. The van der Waals surface area contributed by atoms with Gasteiger partial charge in [0.15, 0.2) is 0 Å². The quantitative estimate of drug-likeness (QED) is 0.0535. The molecule has 1 aromatic rings. The van der Waals surface area contributed by atoms with E-state index in [-0.39, 0.29) is 37.6 Å². The summed E-state index contributed by atoms with van der Waals surface area (Å²) in [5, 5.41) is 32.3. The van der Waals surface area contributed by atoms with Crippen molar-refractivity contribution in [3.8, 4) is 0 Å². The fourth-order valence-corrected chi connectivity index (χ4v) is 8.81. The predicted molar refractivity (Wildman–Crippen MR) is 229 cm³/mol. The Bertz CT molecular complexity index is 1900. The number of nitrogens with one attached hydrogen (secondary N) is 4. The first-order valence-corrected chi connectivity index (χ1v) is 21.9. The second-order valence-electron chi connectivity index (χ2n) is 17.8. The molecule has 5 atom stereocenters. The Kier molecular flexibility index (Phi) is 18.2. The third-order valence-electron chi connectivity index (χ3n) is 12.3. The highest BCUT2D eigenvalue weighted by Gasteiger charge is 2.44. The number of piperidine rings is 1. The molecule has 7 N–H and O–H groups in total. The van der Waals surface area contributed by atoms with E-state index in [1.807, 2.05) is 0 Å². The van der Waals surface area contributed by atoms with Crippen LogP contribution in [0.25, 0.3) is 0 Å². The number of aromatic carboxylic acids is 1. The molecular weight excluding hydrogens is 819 g/mol. The topological polar surface area (TPSA) is 287 Å². The second-order valence-corrected chi connectivity index (χ2v) is 17.8. The molecule has 0 spiro atoms. The minimum atomic E-state index is -1.55. The van der Waals surface area contributed by atoms with Crippen molar-refractivity contribution in [3.05, 3.63) is 51.6 Å². The van der Waals surface area contributed by atoms with Gasteiger partial charge in [-0.3, -0.25) is 38.9 Å². The summed E-state index contributed by atoms with van der Waals surface area (Å²) in [5.74, 6) is -6.78. The molecule has 3 aliphatic rings. The molecular formula is C44H63N7O12. The van der Waals surface area contributed by atoms with Crippen molar-refractivity contribution in [2.75, 3.05) is 13.7 Å². The van der Waals surface area contributed by atoms with Gasteiger partial charge in [0.25, 0.3) is 11.6 Å². The SMILES string of the molecule is COC(=O)/C=C/CC[C@H](NC(=O)c1cc([N+](=O)[O-])ccc1C(=O)O)C(=O)N[C@H](C(=O)N1CCCC[C@H]1C(=O)N[C@H](C(=O)N[C@H](C(N)=O)C1CCCCC1)C1CCCCC1)C(C)(C)C. The van der Waals surface area contributed by atoms with Gasteiger partial charge in [-0.2, -0.15) is 0 Å². The number of carbonyl (C=O) groups excluding carboxylic acids is 7. The largest absolute Gasteiger partial charge is 0.478 e. The summed E-state index contributed by atoms with van der Waals surface area (Å²) < 4.78 is 4.61. The molecule has 63 heavy (non-hydrogen) atoms. The molecule has 2 aliphatic carbocycles. The number of nitrogens with two attached hydrogens (primary N) is 1. The van der Waals surface area contributed by atoms with E-state index in [1.165, 1.54) is 18.1 Å². The van der Waals surface area contributed by atoms with Crippen molar-refractivity contribution in [1.82, 2.24) is 26.2 Å². The first kappa shape index (κ1) is 49.8. The van der Waals surface area contributed by atoms with Crippen LogP contribution >= 0.6 is 0 Å². The molecule has 1 aliphatic heterocycles. The molecule has 19 nitrogen and oxygen atoms in total. The lowest BCUT2D eigenvalue weighted by molar-refractivity contribution is -0.384. The Labute approximate surface area is 367 Å². The van der Waals surface area contributed by atoms with Crippen LogP contribution in [0.3, 0.4) is 0 Å². The van der Waals surface area contributed by atoms with Gasteiger partial charge < -0.3 is 41.7 Å². The number of non-ortho nitro benzene ring substituents is 1. The third kappa shape index (κ3) is 13.8. The highest BCUT2D eigenvalue weighted by molar-refractivity contribution is 6.06. The van der Waals surface area contributed by atoms with E-state index in [4.69, 9.17) is 5.73 Å². The molecule has 4 rings (SSSR count). The number of likely N-dealkylation sites (tertiary alicyclic amines) is 1. The molecule has 2 saturated carbocycles. The van der Waals surface area contributed by atoms with Crippen molar-refractivity contribution >= 4 is 53.1 Å². The lowest BCUT2D eigenvalue weighted by Gasteiger charge is -2.41. The number of benzene rings is 1. The highest BCUT2D eigenvalue weighted by atomic mass is 16.6. The molecule has 1 aromatic carbocycles. The number of nitrogens with zero attached hydrogens (tertiary/aromatic N) is 2. The number of carboxylic acids is 1. The average Bonchev–Trinajstić information content (AvgIpc) is 3.26. The number of rotatable bonds is 18. The lowest BCUT2D eigenvalue weighted by Crippen LogP contribution is -2.64. The Hall–Kier alpha value is -5.88. The van der Waals surface area contributed by atoms with Crippen LogP contribution in [0.1, 0.15) is 138 Å². The monoisotopic (exact) mass is 881 g/mol. The highest BCUT2D eigenvalue weighted by Crippen LogP contribution is 2.31. The minimum Gasteiger partial charge on any atom is -0.478 e. The third-order valence-corrected chi connectivity index (χ3v) is 12.3. The zero-order valence-corrected chi connectivity index (χ0v) is 36.7. The molecule has 0 unspecified atom stereocenters. The van der Waals surface area contributed by atoms with Crippen molar-refractivity contribution < 1.29 is 53.1 Å².